The van der Waals surface area contributed by atoms with E-state index in [4.69, 9.17) is 16.2 Å². The molecule has 1 aliphatic heterocycles. The van der Waals surface area contributed by atoms with Gasteiger partial charge in [-0.3, -0.25) is 9.59 Å². The molecule has 0 spiro atoms. The molecule has 0 unspecified atom stereocenters. The molecule has 3 aromatic rings. The van der Waals surface area contributed by atoms with Crippen molar-refractivity contribution in [3.05, 3.63) is 59.7 Å². The quantitative estimate of drug-likeness (QED) is 0.570. The number of amides is 2. The lowest BCUT2D eigenvalue weighted by Gasteiger charge is -2.30. The number of halogens is 2. The molecule has 1 saturated heterocycles. The molecular weight excluding hydrogens is 420 g/mol. The van der Waals surface area contributed by atoms with Gasteiger partial charge < -0.3 is 21.1 Å². The number of hydrogen-bond acceptors (Lipinski definition) is 5. The van der Waals surface area contributed by atoms with Crippen LogP contribution in [0.25, 0.3) is 11.3 Å². The zero-order valence-electron chi connectivity index (χ0n) is 17.0. The van der Waals surface area contributed by atoms with Crippen molar-refractivity contribution in [2.45, 2.75) is 18.9 Å². The summed E-state index contributed by atoms with van der Waals surface area (Å²) in [5, 5.41) is 4.54. The molecule has 166 valence electrons. The Hall–Kier alpha value is -3.95. The smallest absolute Gasteiger partial charge is 0.254 e. The Morgan fingerprint density at radius 1 is 1.19 bits per heavy atom. The van der Waals surface area contributed by atoms with Crippen LogP contribution >= 0.6 is 0 Å². The third-order valence-electron chi connectivity index (χ3n) is 5.37. The van der Waals surface area contributed by atoms with E-state index < -0.39 is 17.5 Å². The molecule has 2 aromatic carbocycles. The zero-order chi connectivity index (χ0) is 22.8. The molecule has 4 rings (SSSR count). The fraction of sp³-hybridized carbons (Fsp3) is 0.227. The molecule has 2 amide bonds. The standard InChI is InChI=1S/C22H21F2N5O3/c23-14-5-8-18(17(24)10-14)32-16-6-3-13(4-7-16)20-19(22(26)31)21(25)29(27-20)15-2-1-9-28(11-15)12-30/h3-8,10,12,15H,1-2,9,11,25H2,(H2,26,31)/t15-/m1/s1. The maximum absolute atomic E-state index is 13.8. The van der Waals surface area contributed by atoms with Crippen LogP contribution in [0.3, 0.4) is 0 Å². The van der Waals surface area contributed by atoms with Gasteiger partial charge in [-0.25, -0.2) is 13.5 Å². The Morgan fingerprint density at radius 2 is 1.94 bits per heavy atom. The van der Waals surface area contributed by atoms with Crippen molar-refractivity contribution in [2.24, 2.45) is 5.73 Å². The average Bonchev–Trinajstić information content (AvgIpc) is 3.13. The van der Waals surface area contributed by atoms with E-state index in [0.717, 1.165) is 31.4 Å². The summed E-state index contributed by atoms with van der Waals surface area (Å²) < 4.78 is 33.9. The van der Waals surface area contributed by atoms with Gasteiger partial charge in [0.15, 0.2) is 11.6 Å². The van der Waals surface area contributed by atoms with Crippen molar-refractivity contribution in [2.75, 3.05) is 18.8 Å². The second-order valence-corrected chi connectivity index (χ2v) is 7.52. The summed E-state index contributed by atoms with van der Waals surface area (Å²) in [6.07, 6.45) is 2.32. The number of anilines is 1. The second kappa shape index (κ2) is 8.66. The van der Waals surface area contributed by atoms with Gasteiger partial charge in [0.25, 0.3) is 5.91 Å². The molecule has 4 N–H and O–H groups in total. The van der Waals surface area contributed by atoms with E-state index in [1.54, 1.807) is 33.8 Å². The number of rotatable bonds is 6. The number of carbonyl (C=O) groups is 2. The van der Waals surface area contributed by atoms with Crippen LogP contribution in [-0.4, -0.2) is 40.1 Å². The minimum atomic E-state index is -0.826. The Labute approximate surface area is 182 Å². The summed E-state index contributed by atoms with van der Waals surface area (Å²) in [4.78, 5) is 24.9. The first-order valence-corrected chi connectivity index (χ1v) is 9.98. The SMILES string of the molecule is NC(=O)c1c(-c2ccc(Oc3ccc(F)cc3F)cc2)nn([C@@H]2CCCN(C=O)C2)c1N. The predicted octanol–water partition coefficient (Wildman–Crippen LogP) is 3.10. The number of ether oxygens (including phenoxy) is 1. The van der Waals surface area contributed by atoms with Gasteiger partial charge in [-0.2, -0.15) is 5.10 Å². The number of nitrogens with two attached hydrogens (primary N) is 2. The van der Waals surface area contributed by atoms with Crippen molar-refractivity contribution in [3.8, 4) is 22.8 Å². The monoisotopic (exact) mass is 441 g/mol. The fourth-order valence-corrected chi connectivity index (χ4v) is 3.82. The van der Waals surface area contributed by atoms with Gasteiger partial charge in [0, 0.05) is 24.7 Å². The Kier molecular flexibility index (Phi) is 5.76. The lowest BCUT2D eigenvalue weighted by molar-refractivity contribution is -0.119. The average molecular weight is 441 g/mol. The number of piperidine rings is 1. The first-order valence-electron chi connectivity index (χ1n) is 9.98. The molecule has 32 heavy (non-hydrogen) atoms. The predicted molar refractivity (Wildman–Crippen MR) is 113 cm³/mol. The third kappa shape index (κ3) is 4.11. The van der Waals surface area contributed by atoms with Gasteiger partial charge in [0.1, 0.15) is 28.6 Å². The van der Waals surface area contributed by atoms with Crippen LogP contribution in [0.2, 0.25) is 0 Å². The summed E-state index contributed by atoms with van der Waals surface area (Å²) >= 11 is 0. The van der Waals surface area contributed by atoms with E-state index in [9.17, 15) is 18.4 Å². The Balaban J connectivity index is 1.64. The first kappa shape index (κ1) is 21.3. The van der Waals surface area contributed by atoms with Crippen molar-refractivity contribution >= 4 is 18.1 Å². The molecule has 0 bridgehead atoms. The molecule has 0 radical (unpaired) electrons. The van der Waals surface area contributed by atoms with E-state index >= 15 is 0 Å². The number of likely N-dealkylation sites (tertiary alicyclic amines) is 1. The maximum Gasteiger partial charge on any atom is 0.254 e. The highest BCUT2D eigenvalue weighted by molar-refractivity contribution is 6.03. The van der Waals surface area contributed by atoms with E-state index in [0.29, 0.717) is 30.1 Å². The highest BCUT2D eigenvalue weighted by atomic mass is 19.1. The van der Waals surface area contributed by atoms with E-state index in [2.05, 4.69) is 5.10 Å². The van der Waals surface area contributed by atoms with Crippen LogP contribution in [0.15, 0.2) is 42.5 Å². The molecule has 2 heterocycles. The van der Waals surface area contributed by atoms with Gasteiger partial charge in [0.05, 0.1) is 6.04 Å². The van der Waals surface area contributed by atoms with Crippen molar-refractivity contribution in [1.82, 2.24) is 14.7 Å². The molecule has 1 fully saturated rings. The number of carbonyl (C=O) groups excluding carboxylic acids is 2. The number of primary amides is 1. The summed E-state index contributed by atoms with van der Waals surface area (Å²) in [6.45, 7) is 1.09. The van der Waals surface area contributed by atoms with E-state index in [-0.39, 0.29) is 23.2 Å². The van der Waals surface area contributed by atoms with Gasteiger partial charge in [-0.05, 0) is 49.2 Å². The fourth-order valence-electron chi connectivity index (χ4n) is 3.82. The van der Waals surface area contributed by atoms with Crippen LogP contribution in [0, 0.1) is 11.6 Å². The van der Waals surface area contributed by atoms with Crippen LogP contribution in [-0.2, 0) is 4.79 Å². The van der Waals surface area contributed by atoms with Crippen LogP contribution in [0.5, 0.6) is 11.5 Å². The van der Waals surface area contributed by atoms with Crippen molar-refractivity contribution < 1.29 is 23.1 Å². The highest BCUT2D eigenvalue weighted by Crippen LogP contribution is 2.33. The highest BCUT2D eigenvalue weighted by Gasteiger charge is 2.28. The number of hydrogen-bond donors (Lipinski definition) is 2. The van der Waals surface area contributed by atoms with Crippen molar-refractivity contribution in [1.29, 1.82) is 0 Å². The summed E-state index contributed by atoms with van der Waals surface area (Å²) in [6, 6.07) is 9.23. The third-order valence-corrected chi connectivity index (χ3v) is 5.37. The molecule has 10 heteroatoms. The lowest BCUT2D eigenvalue weighted by Crippen LogP contribution is -2.36. The van der Waals surface area contributed by atoms with Crippen LogP contribution in [0.1, 0.15) is 29.2 Å². The van der Waals surface area contributed by atoms with Gasteiger partial charge in [0.2, 0.25) is 6.41 Å². The molecular formula is C22H21F2N5O3. The van der Waals surface area contributed by atoms with Crippen LogP contribution in [0.4, 0.5) is 14.6 Å². The number of nitrogens with zero attached hydrogens (tertiary/aromatic N) is 3. The topological polar surface area (TPSA) is 116 Å². The zero-order valence-corrected chi connectivity index (χ0v) is 17.0. The number of nitrogen functional groups attached to an aromatic ring is 1. The number of benzene rings is 2. The first-order chi connectivity index (χ1) is 15.4. The van der Waals surface area contributed by atoms with Crippen molar-refractivity contribution in [3.63, 3.8) is 0 Å². The second-order valence-electron chi connectivity index (χ2n) is 7.52. The van der Waals surface area contributed by atoms with Gasteiger partial charge >= 0.3 is 0 Å². The van der Waals surface area contributed by atoms with E-state index in [1.165, 1.54) is 6.07 Å². The molecule has 0 aliphatic carbocycles. The molecule has 1 atom stereocenters. The normalized spacial score (nSPS) is 16.1. The van der Waals surface area contributed by atoms with Gasteiger partial charge in [-0.1, -0.05) is 0 Å². The molecule has 1 aromatic heterocycles. The molecule has 1 aliphatic rings. The molecule has 0 saturated carbocycles. The van der Waals surface area contributed by atoms with Crippen LogP contribution < -0.4 is 16.2 Å². The largest absolute Gasteiger partial charge is 0.454 e. The maximum atomic E-state index is 13.8. The Bertz CT molecular complexity index is 1160. The van der Waals surface area contributed by atoms with Gasteiger partial charge in [-0.15, -0.1) is 0 Å². The number of aromatic nitrogens is 2. The lowest BCUT2D eigenvalue weighted by atomic mass is 10.1. The summed E-state index contributed by atoms with van der Waals surface area (Å²) in [5.41, 5.74) is 12.7. The summed E-state index contributed by atoms with van der Waals surface area (Å²) in [7, 11) is 0. The molecule has 8 nitrogen and oxygen atoms in total. The summed E-state index contributed by atoms with van der Waals surface area (Å²) in [5.74, 6) is -1.93. The minimum absolute atomic E-state index is 0.0893. The van der Waals surface area contributed by atoms with E-state index in [1.807, 2.05) is 0 Å². The minimum Gasteiger partial charge on any atom is -0.454 e. The Morgan fingerprint density at radius 3 is 2.59 bits per heavy atom.